The molecule has 1 aliphatic heterocycles. The van der Waals surface area contributed by atoms with Gasteiger partial charge in [0, 0.05) is 23.9 Å². The highest BCUT2D eigenvalue weighted by Gasteiger charge is 2.32. The summed E-state index contributed by atoms with van der Waals surface area (Å²) in [6.07, 6.45) is 0. The molecule has 0 bridgehead atoms. The highest BCUT2D eigenvalue weighted by atomic mass is 32.2. The molecule has 1 saturated heterocycles. The number of carbonyl (C=O) groups excluding carboxylic acids is 1. The van der Waals surface area contributed by atoms with Gasteiger partial charge in [0.25, 0.3) is 5.91 Å². The first kappa shape index (κ1) is 17.7. The van der Waals surface area contributed by atoms with E-state index in [1.807, 2.05) is 65.6 Å². The maximum absolute atomic E-state index is 13.4. The Balaban J connectivity index is 1.72. The zero-order valence-corrected chi connectivity index (χ0v) is 16.2. The Labute approximate surface area is 163 Å². The van der Waals surface area contributed by atoms with Crippen LogP contribution >= 0.6 is 11.8 Å². The van der Waals surface area contributed by atoms with Crippen LogP contribution in [0.1, 0.15) is 21.3 Å². The van der Waals surface area contributed by atoms with Gasteiger partial charge in [0.15, 0.2) is 0 Å². The van der Waals surface area contributed by atoms with Crippen molar-refractivity contribution in [3.8, 4) is 11.5 Å². The van der Waals surface area contributed by atoms with Crippen LogP contribution in [-0.2, 0) is 0 Å². The van der Waals surface area contributed by atoms with Crippen LogP contribution in [0.2, 0.25) is 0 Å². The molecule has 1 atom stereocenters. The Bertz CT molecular complexity index is 961. The van der Waals surface area contributed by atoms with Crippen LogP contribution in [0, 0.1) is 0 Å². The molecule has 0 aromatic heterocycles. The van der Waals surface area contributed by atoms with Gasteiger partial charge in [0.1, 0.15) is 16.9 Å². The van der Waals surface area contributed by atoms with Gasteiger partial charge in [0.2, 0.25) is 0 Å². The maximum atomic E-state index is 13.4. The van der Waals surface area contributed by atoms with Crippen LogP contribution < -0.4 is 9.47 Å². The van der Waals surface area contributed by atoms with Gasteiger partial charge >= 0.3 is 0 Å². The Kier molecular flexibility index (Phi) is 4.94. The molecule has 1 unspecified atom stereocenters. The summed E-state index contributed by atoms with van der Waals surface area (Å²) in [6.45, 7) is 0.719. The van der Waals surface area contributed by atoms with Gasteiger partial charge in [-0.2, -0.15) is 0 Å². The fraction of sp³-hybridized carbons (Fsp3) is 0.227. The predicted molar refractivity (Wildman–Crippen MR) is 110 cm³/mol. The number of nitrogens with zero attached hydrogens (tertiary/aromatic N) is 1. The van der Waals surface area contributed by atoms with Crippen molar-refractivity contribution in [3.05, 3.63) is 71.8 Å². The Morgan fingerprint density at radius 3 is 2.44 bits per heavy atom. The van der Waals surface area contributed by atoms with E-state index in [0.717, 1.165) is 45.7 Å². The quantitative estimate of drug-likeness (QED) is 0.656. The van der Waals surface area contributed by atoms with Crippen molar-refractivity contribution in [3.63, 3.8) is 0 Å². The predicted octanol–water partition coefficient (Wildman–Crippen LogP) is 4.74. The largest absolute Gasteiger partial charge is 0.497 e. The lowest BCUT2D eigenvalue weighted by Gasteiger charge is -2.25. The second-order valence-electron chi connectivity index (χ2n) is 6.39. The summed E-state index contributed by atoms with van der Waals surface area (Å²) in [5.41, 5.74) is 1.76. The summed E-state index contributed by atoms with van der Waals surface area (Å²) in [6, 6.07) is 19.7. The minimum absolute atomic E-state index is 0.0551. The van der Waals surface area contributed by atoms with Gasteiger partial charge < -0.3 is 14.4 Å². The molecule has 0 aliphatic carbocycles. The fourth-order valence-electron chi connectivity index (χ4n) is 3.49. The molecule has 138 valence electrons. The number of benzene rings is 3. The Morgan fingerprint density at radius 2 is 1.70 bits per heavy atom. The van der Waals surface area contributed by atoms with Gasteiger partial charge in [-0.1, -0.05) is 36.4 Å². The van der Waals surface area contributed by atoms with E-state index in [4.69, 9.17) is 9.47 Å². The summed E-state index contributed by atoms with van der Waals surface area (Å²) in [5, 5.41) is 2.01. The van der Waals surface area contributed by atoms with E-state index in [1.165, 1.54) is 0 Å². The Morgan fingerprint density at radius 1 is 1.00 bits per heavy atom. The zero-order chi connectivity index (χ0) is 18.8. The average molecular weight is 379 g/mol. The third kappa shape index (κ3) is 3.35. The molecule has 1 aliphatic rings. The van der Waals surface area contributed by atoms with E-state index in [9.17, 15) is 4.79 Å². The topological polar surface area (TPSA) is 38.8 Å². The number of carbonyl (C=O) groups is 1. The summed E-state index contributed by atoms with van der Waals surface area (Å²) in [7, 11) is 3.28. The van der Waals surface area contributed by atoms with E-state index < -0.39 is 0 Å². The smallest absolute Gasteiger partial charge is 0.255 e. The monoisotopic (exact) mass is 379 g/mol. The van der Waals surface area contributed by atoms with Crippen LogP contribution in [0.15, 0.2) is 60.7 Å². The molecule has 0 spiro atoms. The van der Waals surface area contributed by atoms with Crippen LogP contribution in [-0.4, -0.2) is 37.3 Å². The molecule has 5 heteroatoms. The number of ether oxygens (including phenoxy) is 2. The number of thioether (sulfide) groups is 1. The first-order valence-electron chi connectivity index (χ1n) is 8.84. The van der Waals surface area contributed by atoms with Gasteiger partial charge in [-0.25, -0.2) is 0 Å². The minimum Gasteiger partial charge on any atom is -0.497 e. The van der Waals surface area contributed by atoms with Gasteiger partial charge in [0.05, 0.1) is 14.2 Å². The van der Waals surface area contributed by atoms with Crippen molar-refractivity contribution >= 4 is 28.4 Å². The first-order chi connectivity index (χ1) is 13.2. The summed E-state index contributed by atoms with van der Waals surface area (Å²) < 4.78 is 10.8. The molecular weight excluding hydrogens is 358 g/mol. The van der Waals surface area contributed by atoms with Crippen molar-refractivity contribution in [2.24, 2.45) is 0 Å². The van der Waals surface area contributed by atoms with Crippen molar-refractivity contribution in [1.82, 2.24) is 4.90 Å². The normalized spacial score (nSPS) is 16.5. The van der Waals surface area contributed by atoms with Crippen molar-refractivity contribution < 1.29 is 14.3 Å². The van der Waals surface area contributed by atoms with Crippen LogP contribution in [0.3, 0.4) is 0 Å². The first-order valence-corrected chi connectivity index (χ1v) is 9.89. The van der Waals surface area contributed by atoms with Gasteiger partial charge in [-0.3, -0.25) is 4.79 Å². The molecule has 1 amide bonds. The number of fused-ring (bicyclic) bond motifs is 1. The maximum Gasteiger partial charge on any atom is 0.255 e. The van der Waals surface area contributed by atoms with E-state index in [2.05, 4.69) is 0 Å². The second-order valence-corrected chi connectivity index (χ2v) is 7.58. The van der Waals surface area contributed by atoms with E-state index in [1.54, 1.807) is 26.0 Å². The number of hydrogen-bond acceptors (Lipinski definition) is 4. The average Bonchev–Trinajstić information content (AvgIpc) is 3.22. The number of amides is 1. The minimum atomic E-state index is -0.0551. The van der Waals surface area contributed by atoms with Gasteiger partial charge in [-0.15, -0.1) is 11.8 Å². The van der Waals surface area contributed by atoms with Crippen LogP contribution in [0.25, 0.3) is 10.8 Å². The number of hydrogen-bond donors (Lipinski definition) is 0. The summed E-state index contributed by atoms with van der Waals surface area (Å²) in [5.74, 6) is 2.42. The van der Waals surface area contributed by atoms with Crippen LogP contribution in [0.5, 0.6) is 11.5 Å². The third-order valence-corrected chi connectivity index (χ3v) is 6.09. The standard InChI is InChI=1S/C22H21NO3S/c1-25-17-12-16(13-18(14-17)26-2)22-23(10-11-27-22)21(24)20-9-5-7-15-6-3-4-8-19(15)20/h3-9,12-14,22H,10-11H2,1-2H3. The molecule has 4 rings (SSSR count). The molecular formula is C22H21NO3S. The lowest BCUT2D eigenvalue weighted by atomic mass is 10.0. The molecule has 1 fully saturated rings. The SMILES string of the molecule is COc1cc(OC)cc(C2SCCN2C(=O)c2cccc3ccccc23)c1. The lowest BCUT2D eigenvalue weighted by Crippen LogP contribution is -2.30. The Hall–Kier alpha value is -2.66. The summed E-state index contributed by atoms with van der Waals surface area (Å²) in [4.78, 5) is 15.3. The number of rotatable bonds is 4. The molecule has 27 heavy (non-hydrogen) atoms. The molecule has 0 saturated carbocycles. The van der Waals surface area contributed by atoms with Crippen molar-refractivity contribution in [2.75, 3.05) is 26.5 Å². The van der Waals surface area contributed by atoms with Crippen LogP contribution in [0.4, 0.5) is 0 Å². The van der Waals surface area contributed by atoms with E-state index in [0.29, 0.717) is 0 Å². The fourth-order valence-corrected chi connectivity index (χ4v) is 4.73. The lowest BCUT2D eigenvalue weighted by molar-refractivity contribution is 0.0762. The molecule has 3 aromatic rings. The molecule has 1 heterocycles. The summed E-state index contributed by atoms with van der Waals surface area (Å²) >= 11 is 1.76. The number of methoxy groups -OCH3 is 2. The third-order valence-electron chi connectivity index (χ3n) is 4.83. The highest BCUT2D eigenvalue weighted by Crippen LogP contribution is 2.41. The molecule has 0 radical (unpaired) electrons. The van der Waals surface area contributed by atoms with Gasteiger partial charge in [-0.05, 0) is 34.5 Å². The van der Waals surface area contributed by atoms with E-state index in [-0.39, 0.29) is 11.3 Å². The van der Waals surface area contributed by atoms with E-state index >= 15 is 0 Å². The van der Waals surface area contributed by atoms with Crippen molar-refractivity contribution in [1.29, 1.82) is 0 Å². The van der Waals surface area contributed by atoms with Crippen molar-refractivity contribution in [2.45, 2.75) is 5.37 Å². The zero-order valence-electron chi connectivity index (χ0n) is 15.3. The molecule has 3 aromatic carbocycles. The molecule has 4 nitrogen and oxygen atoms in total. The molecule has 0 N–H and O–H groups in total. The second kappa shape index (κ2) is 7.53. The highest BCUT2D eigenvalue weighted by molar-refractivity contribution is 7.99.